The van der Waals surface area contributed by atoms with Gasteiger partial charge in [-0.25, -0.2) is 4.39 Å². The number of hydrogen-bond donors (Lipinski definition) is 0. The third-order valence-corrected chi connectivity index (χ3v) is 2.98. The van der Waals surface area contributed by atoms with E-state index in [1.807, 2.05) is 0 Å². The van der Waals surface area contributed by atoms with Gasteiger partial charge in [0, 0.05) is 16.5 Å². The Balaban J connectivity index is 2.46. The Morgan fingerprint density at radius 3 is 2.54 bits per heavy atom. The van der Waals surface area contributed by atoms with E-state index in [-0.39, 0.29) is 5.82 Å². The van der Waals surface area contributed by atoms with Crippen LogP contribution in [0.15, 0.2) is 41.3 Å². The van der Waals surface area contributed by atoms with Crippen LogP contribution in [0.4, 0.5) is 4.39 Å². The summed E-state index contributed by atoms with van der Waals surface area (Å²) in [5.41, 5.74) is 0.982. The molecular weight excluding hydrogens is 207 g/mol. The summed E-state index contributed by atoms with van der Waals surface area (Å²) < 4.78 is 12.5. The van der Waals surface area contributed by atoms with Crippen molar-refractivity contribution in [2.45, 2.75) is 4.90 Å². The third kappa shape index (κ3) is 3.83. The van der Waals surface area contributed by atoms with Crippen LogP contribution in [0.5, 0.6) is 0 Å². The number of rotatable bonds is 4. The van der Waals surface area contributed by atoms with Gasteiger partial charge in [0.25, 0.3) is 0 Å². The van der Waals surface area contributed by atoms with Crippen LogP contribution in [0.3, 0.4) is 0 Å². The van der Waals surface area contributed by atoms with E-state index in [2.05, 4.69) is 6.58 Å². The molecule has 0 unspecified atom stereocenters. The molecule has 1 aromatic carbocycles. The van der Waals surface area contributed by atoms with Crippen molar-refractivity contribution in [3.63, 3.8) is 0 Å². The first-order valence-corrected chi connectivity index (χ1v) is 5.35. The van der Waals surface area contributed by atoms with Gasteiger partial charge in [-0.15, -0.1) is 23.4 Å². The third-order valence-electron chi connectivity index (χ3n) is 1.45. The van der Waals surface area contributed by atoms with Gasteiger partial charge in [0.1, 0.15) is 5.82 Å². The van der Waals surface area contributed by atoms with Crippen LogP contribution < -0.4 is 0 Å². The van der Waals surface area contributed by atoms with E-state index in [0.29, 0.717) is 5.88 Å². The van der Waals surface area contributed by atoms with Crippen LogP contribution in [0.25, 0.3) is 0 Å². The van der Waals surface area contributed by atoms with Gasteiger partial charge in [-0.1, -0.05) is 12.2 Å². The van der Waals surface area contributed by atoms with Crippen LogP contribution in [0.2, 0.25) is 0 Å². The largest absolute Gasteiger partial charge is 0.207 e. The van der Waals surface area contributed by atoms with E-state index in [9.17, 15) is 4.39 Å². The Labute approximate surface area is 86.8 Å². The van der Waals surface area contributed by atoms with E-state index in [0.717, 1.165) is 16.2 Å². The molecule has 0 bridgehead atoms. The highest BCUT2D eigenvalue weighted by molar-refractivity contribution is 7.99. The molecule has 0 spiro atoms. The summed E-state index contributed by atoms with van der Waals surface area (Å²) in [5, 5.41) is 0. The summed E-state index contributed by atoms with van der Waals surface area (Å²) in [6, 6.07) is 6.40. The zero-order valence-electron chi connectivity index (χ0n) is 7.09. The predicted molar refractivity (Wildman–Crippen MR) is 57.0 cm³/mol. The van der Waals surface area contributed by atoms with Crippen molar-refractivity contribution in [1.82, 2.24) is 0 Å². The van der Waals surface area contributed by atoms with Crippen molar-refractivity contribution >= 4 is 23.4 Å². The molecule has 1 rings (SSSR count). The molecule has 0 heterocycles. The van der Waals surface area contributed by atoms with Crippen LogP contribution in [-0.2, 0) is 0 Å². The van der Waals surface area contributed by atoms with Gasteiger partial charge >= 0.3 is 0 Å². The SMILES string of the molecule is C=C(CCl)CSc1ccc(F)cc1. The summed E-state index contributed by atoms with van der Waals surface area (Å²) >= 11 is 7.18. The fourth-order valence-corrected chi connectivity index (χ4v) is 1.76. The van der Waals surface area contributed by atoms with Gasteiger partial charge in [-0.05, 0) is 24.3 Å². The minimum Gasteiger partial charge on any atom is -0.207 e. The van der Waals surface area contributed by atoms with Crippen molar-refractivity contribution in [2.75, 3.05) is 11.6 Å². The molecule has 1 aromatic rings. The second-order valence-corrected chi connectivity index (χ2v) is 3.94. The molecule has 0 saturated carbocycles. The molecule has 0 aliphatic carbocycles. The highest BCUT2D eigenvalue weighted by atomic mass is 35.5. The molecule has 0 aromatic heterocycles. The summed E-state index contributed by atoms with van der Waals surface area (Å²) in [4.78, 5) is 1.03. The summed E-state index contributed by atoms with van der Waals surface area (Å²) in [5.74, 6) is 1.06. The van der Waals surface area contributed by atoms with E-state index in [1.165, 1.54) is 12.1 Å². The van der Waals surface area contributed by atoms with Gasteiger partial charge in [0.05, 0.1) is 0 Å². The Bertz CT molecular complexity index is 281. The van der Waals surface area contributed by atoms with Crippen molar-refractivity contribution in [2.24, 2.45) is 0 Å². The molecule has 70 valence electrons. The van der Waals surface area contributed by atoms with E-state index in [4.69, 9.17) is 11.6 Å². The maximum atomic E-state index is 12.5. The molecule has 13 heavy (non-hydrogen) atoms. The fourth-order valence-electron chi connectivity index (χ4n) is 0.755. The quantitative estimate of drug-likeness (QED) is 0.420. The number of alkyl halides is 1. The average molecular weight is 217 g/mol. The van der Waals surface area contributed by atoms with Gasteiger partial charge in [0.15, 0.2) is 0 Å². The van der Waals surface area contributed by atoms with Crippen molar-refractivity contribution in [1.29, 1.82) is 0 Å². The molecule has 3 heteroatoms. The zero-order valence-corrected chi connectivity index (χ0v) is 8.67. The lowest BCUT2D eigenvalue weighted by Crippen LogP contribution is -1.86. The van der Waals surface area contributed by atoms with Gasteiger partial charge in [-0.3, -0.25) is 0 Å². The predicted octanol–water partition coefficient (Wildman–Crippen LogP) is 3.71. The normalized spacial score (nSPS) is 10.0. The summed E-state index contributed by atoms with van der Waals surface area (Å²) in [6.45, 7) is 3.78. The monoisotopic (exact) mass is 216 g/mol. The maximum absolute atomic E-state index is 12.5. The number of benzene rings is 1. The molecule has 0 saturated heterocycles. The Morgan fingerprint density at radius 1 is 1.38 bits per heavy atom. The first-order valence-electron chi connectivity index (χ1n) is 3.83. The van der Waals surface area contributed by atoms with Crippen molar-refractivity contribution in [3.8, 4) is 0 Å². The zero-order chi connectivity index (χ0) is 9.68. The molecular formula is C10H10ClFS. The highest BCUT2D eigenvalue weighted by Gasteiger charge is 1.96. The molecule has 0 aliphatic heterocycles. The maximum Gasteiger partial charge on any atom is 0.123 e. The Morgan fingerprint density at radius 2 is 2.00 bits per heavy atom. The molecule has 0 amide bonds. The van der Waals surface area contributed by atoms with Crippen LogP contribution in [-0.4, -0.2) is 11.6 Å². The van der Waals surface area contributed by atoms with Crippen molar-refractivity contribution < 1.29 is 4.39 Å². The minimum atomic E-state index is -0.208. The van der Waals surface area contributed by atoms with E-state index >= 15 is 0 Å². The molecule has 0 radical (unpaired) electrons. The van der Waals surface area contributed by atoms with Gasteiger partial charge in [-0.2, -0.15) is 0 Å². The summed E-state index contributed by atoms with van der Waals surface area (Å²) in [6.07, 6.45) is 0. The number of halogens is 2. The fraction of sp³-hybridized carbons (Fsp3) is 0.200. The van der Waals surface area contributed by atoms with E-state index < -0.39 is 0 Å². The molecule has 0 fully saturated rings. The molecule has 0 nitrogen and oxygen atoms in total. The van der Waals surface area contributed by atoms with Crippen molar-refractivity contribution in [3.05, 3.63) is 42.2 Å². The number of hydrogen-bond acceptors (Lipinski definition) is 1. The molecule has 0 atom stereocenters. The van der Waals surface area contributed by atoms with Crippen LogP contribution in [0, 0.1) is 5.82 Å². The lowest BCUT2D eigenvalue weighted by Gasteiger charge is -2.01. The standard InChI is InChI=1S/C10H10ClFS/c1-8(6-11)7-13-10-4-2-9(12)3-5-10/h2-5H,1,6-7H2. The van der Waals surface area contributed by atoms with E-state index in [1.54, 1.807) is 23.9 Å². The average Bonchev–Trinajstić information content (AvgIpc) is 2.16. The first kappa shape index (κ1) is 10.6. The lowest BCUT2D eigenvalue weighted by atomic mass is 10.3. The smallest absolute Gasteiger partial charge is 0.123 e. The van der Waals surface area contributed by atoms with Crippen LogP contribution >= 0.6 is 23.4 Å². The first-order chi connectivity index (χ1) is 6.22. The van der Waals surface area contributed by atoms with Gasteiger partial charge < -0.3 is 0 Å². The number of thioether (sulfide) groups is 1. The molecule has 0 N–H and O–H groups in total. The second kappa shape index (κ2) is 5.30. The topological polar surface area (TPSA) is 0 Å². The summed E-state index contributed by atoms with van der Waals surface area (Å²) in [7, 11) is 0. The minimum absolute atomic E-state index is 0.208. The lowest BCUT2D eigenvalue weighted by molar-refractivity contribution is 0.626. The van der Waals surface area contributed by atoms with Crippen LogP contribution in [0.1, 0.15) is 0 Å². The molecule has 0 aliphatic rings. The second-order valence-electron chi connectivity index (χ2n) is 2.63. The highest BCUT2D eigenvalue weighted by Crippen LogP contribution is 2.20. The van der Waals surface area contributed by atoms with Gasteiger partial charge in [0.2, 0.25) is 0 Å². The Hall–Kier alpha value is -0.470. The Kier molecular flexibility index (Phi) is 4.33.